The number of pyridine rings is 1. The molecule has 0 saturated heterocycles. The average Bonchev–Trinajstić information content (AvgIpc) is 2.48. The summed E-state index contributed by atoms with van der Waals surface area (Å²) in [6, 6.07) is 3.89. The summed E-state index contributed by atoms with van der Waals surface area (Å²) in [5.41, 5.74) is 0.586. The van der Waals surface area contributed by atoms with Crippen LogP contribution in [0.15, 0.2) is 18.3 Å². The summed E-state index contributed by atoms with van der Waals surface area (Å²) in [6.07, 6.45) is 6.09. The molecule has 1 aliphatic rings. The van der Waals surface area contributed by atoms with Gasteiger partial charge in [0.15, 0.2) is 0 Å². The van der Waals surface area contributed by atoms with Gasteiger partial charge >= 0.3 is 0 Å². The molecule has 0 radical (unpaired) electrons. The van der Waals surface area contributed by atoms with E-state index in [4.69, 9.17) is 0 Å². The van der Waals surface area contributed by atoms with Gasteiger partial charge in [-0.25, -0.2) is 4.98 Å². The second-order valence-corrected chi connectivity index (χ2v) is 5.61. The molecule has 0 spiro atoms. The van der Waals surface area contributed by atoms with Crippen molar-refractivity contribution in [1.82, 2.24) is 9.88 Å². The zero-order valence-corrected chi connectivity index (χ0v) is 12.2. The summed E-state index contributed by atoms with van der Waals surface area (Å²) in [6.45, 7) is 0.217. The molecule has 5 nitrogen and oxygen atoms in total. The van der Waals surface area contributed by atoms with Crippen LogP contribution in [-0.2, 0) is 0 Å². The summed E-state index contributed by atoms with van der Waals surface area (Å²) in [4.78, 5) is 17.6. The highest BCUT2D eigenvalue weighted by molar-refractivity contribution is 5.93. The highest BCUT2D eigenvalue weighted by Gasteiger charge is 2.24. The number of aliphatic hydroxyl groups excluding tert-OH is 1. The molecule has 2 rings (SSSR count). The van der Waals surface area contributed by atoms with E-state index in [1.54, 1.807) is 26.4 Å². The van der Waals surface area contributed by atoms with Gasteiger partial charge in [-0.15, -0.1) is 0 Å². The lowest BCUT2D eigenvalue weighted by atomic mass is 9.85. The SMILES string of the molecule is CN(C)C(=O)c1ccc(NC2CCCCC2CO)nc1. The van der Waals surface area contributed by atoms with E-state index in [1.165, 1.54) is 17.7 Å². The predicted molar refractivity (Wildman–Crippen MR) is 78.7 cm³/mol. The number of rotatable bonds is 4. The maximum Gasteiger partial charge on any atom is 0.254 e. The van der Waals surface area contributed by atoms with Gasteiger partial charge in [0.1, 0.15) is 5.82 Å². The number of amides is 1. The molecule has 1 amide bonds. The number of anilines is 1. The van der Waals surface area contributed by atoms with Crippen LogP contribution in [-0.4, -0.2) is 47.6 Å². The van der Waals surface area contributed by atoms with E-state index in [2.05, 4.69) is 10.3 Å². The zero-order valence-electron chi connectivity index (χ0n) is 12.2. The Morgan fingerprint density at radius 3 is 2.75 bits per heavy atom. The smallest absolute Gasteiger partial charge is 0.254 e. The quantitative estimate of drug-likeness (QED) is 0.880. The van der Waals surface area contributed by atoms with Crippen LogP contribution in [0.1, 0.15) is 36.0 Å². The minimum atomic E-state index is -0.0463. The van der Waals surface area contributed by atoms with E-state index >= 15 is 0 Å². The van der Waals surface area contributed by atoms with Crippen LogP contribution in [0.4, 0.5) is 5.82 Å². The molecular weight excluding hydrogens is 254 g/mol. The van der Waals surface area contributed by atoms with Crippen LogP contribution >= 0.6 is 0 Å². The molecule has 2 N–H and O–H groups in total. The number of aliphatic hydroxyl groups is 1. The number of nitrogens with one attached hydrogen (secondary N) is 1. The van der Waals surface area contributed by atoms with Crippen molar-refractivity contribution in [3.63, 3.8) is 0 Å². The molecule has 1 heterocycles. The van der Waals surface area contributed by atoms with E-state index in [9.17, 15) is 9.90 Å². The number of nitrogens with zero attached hydrogens (tertiary/aromatic N) is 2. The lowest BCUT2D eigenvalue weighted by Gasteiger charge is -2.31. The number of carbonyl (C=O) groups excluding carboxylic acids is 1. The number of hydrogen-bond acceptors (Lipinski definition) is 4. The maximum absolute atomic E-state index is 11.8. The van der Waals surface area contributed by atoms with Gasteiger partial charge in [-0.3, -0.25) is 4.79 Å². The molecule has 5 heteroatoms. The largest absolute Gasteiger partial charge is 0.396 e. The lowest BCUT2D eigenvalue weighted by molar-refractivity contribution is 0.0827. The van der Waals surface area contributed by atoms with Gasteiger partial charge < -0.3 is 15.3 Å². The van der Waals surface area contributed by atoms with Gasteiger partial charge in [0, 0.05) is 38.9 Å². The molecule has 1 aliphatic carbocycles. The molecule has 1 saturated carbocycles. The molecule has 0 aromatic carbocycles. The minimum Gasteiger partial charge on any atom is -0.396 e. The topological polar surface area (TPSA) is 65.5 Å². The van der Waals surface area contributed by atoms with E-state index in [0.717, 1.165) is 18.7 Å². The molecule has 20 heavy (non-hydrogen) atoms. The van der Waals surface area contributed by atoms with Gasteiger partial charge in [-0.2, -0.15) is 0 Å². The van der Waals surface area contributed by atoms with E-state index in [0.29, 0.717) is 11.5 Å². The Balaban J connectivity index is 2.01. The Hall–Kier alpha value is -1.62. The Bertz CT molecular complexity index is 445. The molecule has 1 fully saturated rings. The maximum atomic E-state index is 11.8. The molecule has 0 bridgehead atoms. The first-order valence-corrected chi connectivity index (χ1v) is 7.17. The van der Waals surface area contributed by atoms with Crippen LogP contribution < -0.4 is 5.32 Å². The van der Waals surface area contributed by atoms with Crippen LogP contribution in [0.25, 0.3) is 0 Å². The van der Waals surface area contributed by atoms with Crippen molar-refractivity contribution in [3.8, 4) is 0 Å². The number of hydrogen-bond donors (Lipinski definition) is 2. The normalized spacial score (nSPS) is 22.4. The lowest BCUT2D eigenvalue weighted by Crippen LogP contribution is -2.34. The molecule has 2 atom stereocenters. The van der Waals surface area contributed by atoms with Crippen LogP contribution in [0.5, 0.6) is 0 Å². The fourth-order valence-corrected chi connectivity index (χ4v) is 2.67. The monoisotopic (exact) mass is 277 g/mol. The Kier molecular flexibility index (Phi) is 4.95. The van der Waals surface area contributed by atoms with Crippen molar-refractivity contribution in [1.29, 1.82) is 0 Å². The minimum absolute atomic E-state index is 0.0463. The standard InChI is InChI=1S/C15H23N3O2/c1-18(2)15(20)11-7-8-14(16-9-11)17-13-6-4-3-5-12(13)10-19/h7-9,12-13,19H,3-6,10H2,1-2H3,(H,16,17). The van der Waals surface area contributed by atoms with Gasteiger partial charge in [-0.1, -0.05) is 12.8 Å². The third-order valence-electron chi connectivity index (χ3n) is 3.89. The van der Waals surface area contributed by atoms with Crippen molar-refractivity contribution >= 4 is 11.7 Å². The average molecular weight is 277 g/mol. The van der Waals surface area contributed by atoms with E-state index in [-0.39, 0.29) is 18.6 Å². The second kappa shape index (κ2) is 6.70. The first-order chi connectivity index (χ1) is 9.61. The first kappa shape index (κ1) is 14.8. The Labute approximate surface area is 120 Å². The third kappa shape index (κ3) is 3.48. The molecule has 110 valence electrons. The Morgan fingerprint density at radius 1 is 1.40 bits per heavy atom. The molecule has 1 aromatic heterocycles. The highest BCUT2D eigenvalue weighted by atomic mass is 16.3. The van der Waals surface area contributed by atoms with Crippen molar-refractivity contribution < 1.29 is 9.90 Å². The van der Waals surface area contributed by atoms with E-state index in [1.807, 2.05) is 6.07 Å². The van der Waals surface area contributed by atoms with Crippen molar-refractivity contribution in [2.75, 3.05) is 26.0 Å². The zero-order chi connectivity index (χ0) is 14.5. The fourth-order valence-electron chi connectivity index (χ4n) is 2.67. The van der Waals surface area contributed by atoms with Gasteiger partial charge in [0.25, 0.3) is 5.91 Å². The summed E-state index contributed by atoms with van der Waals surface area (Å²) in [5, 5.41) is 12.8. The summed E-state index contributed by atoms with van der Waals surface area (Å²) < 4.78 is 0. The molecule has 1 aromatic rings. The van der Waals surface area contributed by atoms with Crippen molar-refractivity contribution in [3.05, 3.63) is 23.9 Å². The third-order valence-corrected chi connectivity index (χ3v) is 3.89. The fraction of sp³-hybridized carbons (Fsp3) is 0.600. The molecule has 2 unspecified atom stereocenters. The number of aromatic nitrogens is 1. The van der Waals surface area contributed by atoms with Gasteiger partial charge in [0.2, 0.25) is 0 Å². The summed E-state index contributed by atoms with van der Waals surface area (Å²) >= 11 is 0. The van der Waals surface area contributed by atoms with Crippen LogP contribution in [0.2, 0.25) is 0 Å². The highest BCUT2D eigenvalue weighted by Crippen LogP contribution is 2.26. The summed E-state index contributed by atoms with van der Waals surface area (Å²) in [5.74, 6) is 1.02. The first-order valence-electron chi connectivity index (χ1n) is 7.17. The van der Waals surface area contributed by atoms with Gasteiger partial charge in [-0.05, 0) is 25.0 Å². The predicted octanol–water partition coefficient (Wildman–Crippen LogP) is 1.75. The summed E-state index contributed by atoms with van der Waals surface area (Å²) in [7, 11) is 3.45. The van der Waals surface area contributed by atoms with Crippen LogP contribution in [0.3, 0.4) is 0 Å². The second-order valence-electron chi connectivity index (χ2n) is 5.61. The van der Waals surface area contributed by atoms with Crippen LogP contribution in [0, 0.1) is 5.92 Å². The molecular formula is C15H23N3O2. The number of carbonyl (C=O) groups is 1. The Morgan fingerprint density at radius 2 is 2.15 bits per heavy atom. The van der Waals surface area contributed by atoms with Gasteiger partial charge in [0.05, 0.1) is 5.56 Å². The van der Waals surface area contributed by atoms with E-state index < -0.39 is 0 Å². The van der Waals surface area contributed by atoms with Crippen molar-refractivity contribution in [2.24, 2.45) is 5.92 Å². The molecule has 0 aliphatic heterocycles. The van der Waals surface area contributed by atoms with Crippen molar-refractivity contribution in [2.45, 2.75) is 31.7 Å².